The third-order valence-corrected chi connectivity index (χ3v) is 4.03. The molecule has 1 heterocycles. The Kier molecular flexibility index (Phi) is 2.88. The largest absolute Gasteiger partial charge is 0.267 e. The summed E-state index contributed by atoms with van der Waals surface area (Å²) in [7, 11) is -3.70. The van der Waals surface area contributed by atoms with E-state index in [4.69, 9.17) is 10.5 Å². The molecule has 0 atom stereocenters. The molecule has 0 spiro atoms. The van der Waals surface area contributed by atoms with Gasteiger partial charge in [-0.05, 0) is 30.3 Å². The quantitative estimate of drug-likeness (QED) is 0.815. The first-order valence-corrected chi connectivity index (χ1v) is 6.36. The minimum absolute atomic E-state index is 0.0192. The highest BCUT2D eigenvalue weighted by Gasteiger charge is 2.17. The number of nitrogens with zero attached hydrogens (tertiary/aromatic N) is 3. The monoisotopic (exact) mass is 257 g/mol. The van der Waals surface area contributed by atoms with Gasteiger partial charge in [0.15, 0.2) is 0 Å². The van der Waals surface area contributed by atoms with Gasteiger partial charge in [0.05, 0.1) is 16.0 Å². The molecule has 88 valence electrons. The summed E-state index contributed by atoms with van der Waals surface area (Å²) >= 11 is 0. The van der Waals surface area contributed by atoms with Gasteiger partial charge in [-0.25, -0.2) is 12.4 Å². The van der Waals surface area contributed by atoms with E-state index in [0.29, 0.717) is 0 Å². The molecule has 0 aliphatic rings. The third kappa shape index (κ3) is 1.86. The summed E-state index contributed by atoms with van der Waals surface area (Å²) in [6.45, 7) is 0. The molecule has 2 rings (SSSR count). The first-order valence-electron chi connectivity index (χ1n) is 4.92. The maximum Gasteiger partial charge on any atom is 0.267 e. The van der Waals surface area contributed by atoms with Crippen molar-refractivity contribution >= 4 is 10.0 Å². The molecular formula is C12H7N3O2S. The Labute approximate surface area is 104 Å². The smallest absolute Gasteiger partial charge is 0.249 e. The molecule has 0 saturated carbocycles. The van der Waals surface area contributed by atoms with Gasteiger partial charge in [-0.1, -0.05) is 0 Å². The molecule has 0 aliphatic carbocycles. The van der Waals surface area contributed by atoms with Gasteiger partial charge in [-0.15, -0.1) is 0 Å². The van der Waals surface area contributed by atoms with Gasteiger partial charge in [0, 0.05) is 12.4 Å². The van der Waals surface area contributed by atoms with Crippen molar-refractivity contribution in [3.63, 3.8) is 0 Å². The molecule has 2 aromatic rings. The average molecular weight is 257 g/mol. The van der Waals surface area contributed by atoms with Crippen molar-refractivity contribution in [1.29, 1.82) is 10.5 Å². The lowest BCUT2D eigenvalue weighted by Gasteiger charge is -2.06. The molecule has 0 fully saturated rings. The summed E-state index contributed by atoms with van der Waals surface area (Å²) in [6.07, 6.45) is 2.80. The summed E-state index contributed by atoms with van der Waals surface area (Å²) in [6, 6.07) is 10.7. The minimum Gasteiger partial charge on any atom is -0.249 e. The molecule has 0 amide bonds. The van der Waals surface area contributed by atoms with Crippen LogP contribution in [-0.2, 0) is 10.0 Å². The van der Waals surface area contributed by atoms with Gasteiger partial charge < -0.3 is 0 Å². The molecule has 1 aromatic carbocycles. The van der Waals surface area contributed by atoms with E-state index in [0.717, 1.165) is 3.97 Å². The van der Waals surface area contributed by atoms with Crippen LogP contribution < -0.4 is 0 Å². The van der Waals surface area contributed by atoms with Gasteiger partial charge in [0.1, 0.15) is 12.1 Å². The first kappa shape index (κ1) is 11.9. The summed E-state index contributed by atoms with van der Waals surface area (Å²) in [5.41, 5.74) is 0.203. The van der Waals surface area contributed by atoms with Crippen LogP contribution in [0.4, 0.5) is 0 Å². The second-order valence-electron chi connectivity index (χ2n) is 3.45. The Morgan fingerprint density at radius 2 is 1.61 bits per heavy atom. The minimum atomic E-state index is -3.70. The molecule has 5 nitrogen and oxygen atoms in total. The standard InChI is InChI=1S/C12H7N3O2S/c13-8-10-3-4-12(7-11(10)9-14)18(16,17)15-5-1-2-6-15/h1-7H. The highest BCUT2D eigenvalue weighted by molar-refractivity contribution is 7.90. The predicted octanol–water partition coefficient (Wildman–Crippen LogP) is 1.47. The zero-order valence-corrected chi connectivity index (χ0v) is 9.92. The zero-order valence-electron chi connectivity index (χ0n) is 9.11. The molecule has 0 aliphatic heterocycles. The van der Waals surface area contributed by atoms with Gasteiger partial charge in [0.2, 0.25) is 0 Å². The Hall–Kier alpha value is -2.57. The zero-order chi connectivity index (χ0) is 13.2. The van der Waals surface area contributed by atoms with Crippen molar-refractivity contribution in [1.82, 2.24) is 3.97 Å². The molecular weight excluding hydrogens is 250 g/mol. The van der Waals surface area contributed by atoms with E-state index >= 15 is 0 Å². The Bertz CT molecular complexity index is 763. The van der Waals surface area contributed by atoms with Crippen LogP contribution in [0.5, 0.6) is 0 Å². The van der Waals surface area contributed by atoms with E-state index in [-0.39, 0.29) is 16.0 Å². The van der Waals surface area contributed by atoms with Crippen molar-refractivity contribution in [2.75, 3.05) is 0 Å². The SMILES string of the molecule is N#Cc1ccc(S(=O)(=O)n2cccc2)cc1C#N. The molecule has 0 unspecified atom stereocenters. The average Bonchev–Trinajstić information content (AvgIpc) is 2.92. The van der Waals surface area contributed by atoms with E-state index in [2.05, 4.69) is 0 Å². The number of hydrogen-bond acceptors (Lipinski definition) is 4. The number of nitriles is 2. The van der Waals surface area contributed by atoms with Gasteiger partial charge in [-0.3, -0.25) is 0 Å². The molecule has 18 heavy (non-hydrogen) atoms. The van der Waals surface area contributed by atoms with Crippen LogP contribution >= 0.6 is 0 Å². The van der Waals surface area contributed by atoms with E-state index in [1.165, 1.54) is 30.6 Å². The van der Waals surface area contributed by atoms with Crippen LogP contribution in [-0.4, -0.2) is 12.4 Å². The van der Waals surface area contributed by atoms with Crippen LogP contribution in [0.3, 0.4) is 0 Å². The summed E-state index contributed by atoms with van der Waals surface area (Å²) in [5, 5.41) is 17.6. The molecule has 0 N–H and O–H groups in total. The lowest BCUT2D eigenvalue weighted by Crippen LogP contribution is -2.11. The van der Waals surface area contributed by atoms with Crippen molar-refractivity contribution in [3.05, 3.63) is 53.9 Å². The van der Waals surface area contributed by atoms with Crippen molar-refractivity contribution < 1.29 is 8.42 Å². The number of aromatic nitrogens is 1. The number of hydrogen-bond donors (Lipinski definition) is 0. The fourth-order valence-electron chi connectivity index (χ4n) is 1.47. The van der Waals surface area contributed by atoms with Crippen molar-refractivity contribution in [3.8, 4) is 12.1 Å². The van der Waals surface area contributed by atoms with Crippen molar-refractivity contribution in [2.24, 2.45) is 0 Å². The van der Waals surface area contributed by atoms with E-state index < -0.39 is 10.0 Å². The first-order chi connectivity index (χ1) is 8.59. The molecule has 6 heteroatoms. The van der Waals surface area contributed by atoms with Gasteiger partial charge in [-0.2, -0.15) is 10.5 Å². The number of benzene rings is 1. The molecule has 0 bridgehead atoms. The lowest BCUT2D eigenvalue weighted by molar-refractivity contribution is 0.587. The predicted molar refractivity (Wildman–Crippen MR) is 62.9 cm³/mol. The second kappa shape index (κ2) is 4.36. The fourth-order valence-corrected chi connectivity index (χ4v) is 2.69. The maximum atomic E-state index is 12.1. The van der Waals surface area contributed by atoms with Crippen LogP contribution in [0, 0.1) is 22.7 Å². The highest BCUT2D eigenvalue weighted by Crippen LogP contribution is 2.17. The summed E-state index contributed by atoms with van der Waals surface area (Å²) in [5.74, 6) is 0. The topological polar surface area (TPSA) is 86.7 Å². The highest BCUT2D eigenvalue weighted by atomic mass is 32.2. The van der Waals surface area contributed by atoms with E-state index in [9.17, 15) is 8.42 Å². The van der Waals surface area contributed by atoms with Crippen molar-refractivity contribution in [2.45, 2.75) is 4.90 Å². The van der Waals surface area contributed by atoms with Gasteiger partial charge >= 0.3 is 0 Å². The van der Waals surface area contributed by atoms with E-state index in [1.807, 2.05) is 12.1 Å². The van der Waals surface area contributed by atoms with Crippen LogP contribution in [0.2, 0.25) is 0 Å². The van der Waals surface area contributed by atoms with Gasteiger partial charge in [0.25, 0.3) is 10.0 Å². The fraction of sp³-hybridized carbons (Fsp3) is 0. The molecule has 0 saturated heterocycles. The summed E-state index contributed by atoms with van der Waals surface area (Å²) in [4.78, 5) is -0.0192. The maximum absolute atomic E-state index is 12.1. The van der Waals surface area contributed by atoms with E-state index in [1.54, 1.807) is 12.1 Å². The lowest BCUT2D eigenvalue weighted by atomic mass is 10.1. The number of rotatable bonds is 2. The molecule has 1 aromatic heterocycles. The summed E-state index contributed by atoms with van der Waals surface area (Å²) < 4.78 is 25.3. The Morgan fingerprint density at radius 1 is 1.00 bits per heavy atom. The second-order valence-corrected chi connectivity index (χ2v) is 5.29. The Morgan fingerprint density at radius 3 is 2.17 bits per heavy atom. The Balaban J connectivity index is 2.62. The van der Waals surface area contributed by atoms with Crippen LogP contribution in [0.15, 0.2) is 47.6 Å². The molecule has 0 radical (unpaired) electrons. The van der Waals surface area contributed by atoms with Crippen LogP contribution in [0.1, 0.15) is 11.1 Å². The van der Waals surface area contributed by atoms with Crippen LogP contribution in [0.25, 0.3) is 0 Å². The normalized spacial score (nSPS) is 10.6. The third-order valence-electron chi connectivity index (χ3n) is 2.38.